The summed E-state index contributed by atoms with van der Waals surface area (Å²) in [4.78, 5) is 2.49. The van der Waals surface area contributed by atoms with E-state index in [4.69, 9.17) is 0 Å². The van der Waals surface area contributed by atoms with Crippen molar-refractivity contribution in [1.82, 2.24) is 0 Å². The zero-order valence-corrected chi connectivity index (χ0v) is 14.0. The van der Waals surface area contributed by atoms with Gasteiger partial charge in [0.05, 0.1) is 0 Å². The fourth-order valence-corrected chi connectivity index (χ4v) is 2.91. The van der Waals surface area contributed by atoms with Crippen molar-refractivity contribution in [2.75, 3.05) is 4.90 Å². The highest BCUT2D eigenvalue weighted by Gasteiger charge is 2.26. The molecule has 0 spiro atoms. The second-order valence-corrected chi connectivity index (χ2v) is 6.47. The minimum Gasteiger partial charge on any atom is -0.336 e. The molecule has 0 amide bonds. The SMILES string of the molecule is CCc1ccccc1N(c1ccccc1CC)C(C)(C)C. The van der Waals surface area contributed by atoms with Crippen LogP contribution in [0.4, 0.5) is 11.4 Å². The lowest BCUT2D eigenvalue weighted by molar-refractivity contribution is 0.557. The van der Waals surface area contributed by atoms with Gasteiger partial charge in [0.15, 0.2) is 0 Å². The van der Waals surface area contributed by atoms with E-state index in [9.17, 15) is 0 Å². The Morgan fingerprint density at radius 2 is 1.10 bits per heavy atom. The van der Waals surface area contributed by atoms with Gasteiger partial charge >= 0.3 is 0 Å². The van der Waals surface area contributed by atoms with Gasteiger partial charge in [0.2, 0.25) is 0 Å². The van der Waals surface area contributed by atoms with Gasteiger partial charge in [0.25, 0.3) is 0 Å². The highest BCUT2D eigenvalue weighted by molar-refractivity contribution is 5.71. The maximum absolute atomic E-state index is 2.49. The molecule has 0 unspecified atom stereocenters. The Balaban J connectivity index is 2.65. The van der Waals surface area contributed by atoms with Crippen molar-refractivity contribution in [3.05, 3.63) is 59.7 Å². The minimum atomic E-state index is 0.0382. The fourth-order valence-electron chi connectivity index (χ4n) is 2.91. The third kappa shape index (κ3) is 3.29. The van der Waals surface area contributed by atoms with Gasteiger partial charge in [-0.25, -0.2) is 0 Å². The third-order valence-electron chi connectivity index (χ3n) is 3.90. The molecule has 0 aliphatic rings. The average molecular weight is 281 g/mol. The van der Waals surface area contributed by atoms with Gasteiger partial charge < -0.3 is 4.90 Å². The van der Waals surface area contributed by atoms with E-state index in [1.807, 2.05) is 0 Å². The molecule has 2 aromatic carbocycles. The standard InChI is InChI=1S/C20H27N/c1-6-16-12-8-10-14-18(16)21(20(3,4)5)19-15-11-9-13-17(19)7-2/h8-15H,6-7H2,1-5H3. The molecule has 0 aromatic heterocycles. The van der Waals surface area contributed by atoms with Crippen LogP contribution < -0.4 is 4.90 Å². The lowest BCUT2D eigenvalue weighted by atomic mass is 9.98. The van der Waals surface area contributed by atoms with E-state index < -0.39 is 0 Å². The lowest BCUT2D eigenvalue weighted by Gasteiger charge is -2.40. The van der Waals surface area contributed by atoms with E-state index in [-0.39, 0.29) is 5.54 Å². The summed E-state index contributed by atoms with van der Waals surface area (Å²) in [5.41, 5.74) is 5.50. The van der Waals surface area contributed by atoms with Gasteiger partial charge in [0, 0.05) is 16.9 Å². The third-order valence-corrected chi connectivity index (χ3v) is 3.90. The maximum Gasteiger partial charge on any atom is 0.0448 e. The predicted molar refractivity (Wildman–Crippen MR) is 93.5 cm³/mol. The van der Waals surface area contributed by atoms with Crippen LogP contribution in [0, 0.1) is 0 Å². The number of rotatable bonds is 4. The Hall–Kier alpha value is -1.76. The molecule has 21 heavy (non-hydrogen) atoms. The van der Waals surface area contributed by atoms with E-state index >= 15 is 0 Å². The lowest BCUT2D eigenvalue weighted by Crippen LogP contribution is -2.38. The summed E-state index contributed by atoms with van der Waals surface area (Å²) in [7, 11) is 0. The molecule has 2 aromatic rings. The van der Waals surface area contributed by atoms with E-state index in [1.54, 1.807) is 0 Å². The Labute approximate surface area is 129 Å². The van der Waals surface area contributed by atoms with Gasteiger partial charge in [-0.1, -0.05) is 50.2 Å². The molecule has 1 heteroatoms. The maximum atomic E-state index is 2.49. The van der Waals surface area contributed by atoms with Crippen molar-refractivity contribution in [3.8, 4) is 0 Å². The number of benzene rings is 2. The first-order chi connectivity index (χ1) is 9.99. The molecular weight excluding hydrogens is 254 g/mol. The van der Waals surface area contributed by atoms with Crippen LogP contribution in [-0.4, -0.2) is 5.54 Å². The minimum absolute atomic E-state index is 0.0382. The molecule has 0 N–H and O–H groups in total. The van der Waals surface area contributed by atoms with Crippen molar-refractivity contribution in [2.45, 2.75) is 53.0 Å². The Kier molecular flexibility index (Phi) is 4.72. The van der Waals surface area contributed by atoms with Gasteiger partial charge in [-0.3, -0.25) is 0 Å². The number of aryl methyl sites for hydroxylation is 2. The summed E-state index contributed by atoms with van der Waals surface area (Å²) < 4.78 is 0. The monoisotopic (exact) mass is 281 g/mol. The quantitative estimate of drug-likeness (QED) is 0.690. The molecule has 0 fully saturated rings. The van der Waals surface area contributed by atoms with Crippen LogP contribution in [0.1, 0.15) is 45.7 Å². The second kappa shape index (κ2) is 6.34. The van der Waals surface area contributed by atoms with Gasteiger partial charge in [0.1, 0.15) is 0 Å². The number of hydrogen-bond donors (Lipinski definition) is 0. The fraction of sp³-hybridized carbons (Fsp3) is 0.400. The Morgan fingerprint density at radius 3 is 1.43 bits per heavy atom. The number of hydrogen-bond acceptors (Lipinski definition) is 1. The van der Waals surface area contributed by atoms with Gasteiger partial charge in [-0.2, -0.15) is 0 Å². The zero-order valence-electron chi connectivity index (χ0n) is 14.0. The van der Waals surface area contributed by atoms with Crippen LogP contribution in [-0.2, 0) is 12.8 Å². The highest BCUT2D eigenvalue weighted by atomic mass is 15.2. The molecule has 0 saturated carbocycles. The first-order valence-corrected chi connectivity index (χ1v) is 7.95. The second-order valence-electron chi connectivity index (χ2n) is 6.47. The van der Waals surface area contributed by atoms with Crippen LogP contribution in [0.5, 0.6) is 0 Å². The molecule has 1 nitrogen and oxygen atoms in total. The average Bonchev–Trinajstić information content (AvgIpc) is 2.47. The number of anilines is 2. The topological polar surface area (TPSA) is 3.24 Å². The molecule has 0 aliphatic carbocycles. The molecule has 0 bridgehead atoms. The van der Waals surface area contributed by atoms with Crippen LogP contribution in [0.2, 0.25) is 0 Å². The smallest absolute Gasteiger partial charge is 0.0448 e. The number of nitrogens with zero attached hydrogens (tertiary/aromatic N) is 1. The molecule has 0 heterocycles. The van der Waals surface area contributed by atoms with E-state index in [0.29, 0.717) is 0 Å². The van der Waals surface area contributed by atoms with E-state index in [0.717, 1.165) is 12.8 Å². The van der Waals surface area contributed by atoms with Crippen molar-refractivity contribution < 1.29 is 0 Å². The Morgan fingerprint density at radius 1 is 0.714 bits per heavy atom. The van der Waals surface area contributed by atoms with Crippen LogP contribution >= 0.6 is 0 Å². The van der Waals surface area contributed by atoms with Crippen LogP contribution in [0.15, 0.2) is 48.5 Å². The van der Waals surface area contributed by atoms with Crippen molar-refractivity contribution in [1.29, 1.82) is 0 Å². The summed E-state index contributed by atoms with van der Waals surface area (Å²) in [5.74, 6) is 0. The first kappa shape index (κ1) is 15.6. The molecule has 0 aliphatic heterocycles. The summed E-state index contributed by atoms with van der Waals surface area (Å²) in [5, 5.41) is 0. The molecule has 0 atom stereocenters. The molecular formula is C20H27N. The first-order valence-electron chi connectivity index (χ1n) is 7.95. The Bertz CT molecular complexity index is 545. The summed E-state index contributed by atoms with van der Waals surface area (Å²) in [6.07, 6.45) is 2.11. The van der Waals surface area contributed by atoms with Crippen LogP contribution in [0.25, 0.3) is 0 Å². The normalized spacial score (nSPS) is 11.5. The summed E-state index contributed by atoms with van der Waals surface area (Å²) in [6, 6.07) is 17.5. The van der Waals surface area contributed by atoms with Crippen molar-refractivity contribution in [3.63, 3.8) is 0 Å². The van der Waals surface area contributed by atoms with Crippen molar-refractivity contribution >= 4 is 11.4 Å². The summed E-state index contributed by atoms with van der Waals surface area (Å²) >= 11 is 0. The van der Waals surface area contributed by atoms with Gasteiger partial charge in [-0.05, 0) is 56.9 Å². The molecule has 0 saturated heterocycles. The van der Waals surface area contributed by atoms with E-state index in [2.05, 4.69) is 88.0 Å². The number of para-hydroxylation sites is 2. The highest BCUT2D eigenvalue weighted by Crippen LogP contribution is 2.37. The largest absolute Gasteiger partial charge is 0.336 e. The van der Waals surface area contributed by atoms with Gasteiger partial charge in [-0.15, -0.1) is 0 Å². The zero-order chi connectivity index (χ0) is 15.5. The molecule has 0 radical (unpaired) electrons. The van der Waals surface area contributed by atoms with Crippen molar-refractivity contribution in [2.24, 2.45) is 0 Å². The van der Waals surface area contributed by atoms with Crippen LogP contribution in [0.3, 0.4) is 0 Å². The van der Waals surface area contributed by atoms with E-state index in [1.165, 1.54) is 22.5 Å². The predicted octanol–water partition coefficient (Wildman–Crippen LogP) is 5.75. The summed E-state index contributed by atoms with van der Waals surface area (Å²) in [6.45, 7) is 11.3. The molecule has 112 valence electrons. The molecule has 2 rings (SSSR count).